The van der Waals surface area contributed by atoms with Crippen molar-refractivity contribution >= 4 is 16.9 Å². The molecule has 0 fully saturated rings. The molecule has 3 rings (SSSR count). The summed E-state index contributed by atoms with van der Waals surface area (Å²) < 4.78 is 28.8. The van der Waals surface area contributed by atoms with Gasteiger partial charge in [-0.25, -0.2) is 28.8 Å². The first kappa shape index (κ1) is 16.7. The minimum Gasteiger partial charge on any atom is -0.269 e. The maximum Gasteiger partial charge on any atom is 0.293 e. The molecule has 1 aromatic carbocycles. The Morgan fingerprint density at radius 2 is 2.28 bits per heavy atom. The molecule has 0 saturated carbocycles. The van der Waals surface area contributed by atoms with E-state index in [9.17, 15) is 13.6 Å². The van der Waals surface area contributed by atoms with Gasteiger partial charge in [0.2, 0.25) is 6.33 Å². The van der Waals surface area contributed by atoms with Crippen molar-refractivity contribution in [3.05, 3.63) is 72.3 Å². The minimum atomic E-state index is -0.894. The smallest absolute Gasteiger partial charge is 0.269 e. The number of pyridine rings is 1. The van der Waals surface area contributed by atoms with E-state index in [1.54, 1.807) is 17.0 Å². The number of carbonyl (C=O) groups is 1. The number of hydroxylamine groups is 1. The molecule has 6 nitrogen and oxygen atoms in total. The molecule has 2 aromatic heterocycles. The number of imidazole rings is 1. The highest BCUT2D eigenvalue weighted by Crippen LogP contribution is 2.13. The number of hydrogen-bond acceptors (Lipinski definition) is 3. The van der Waals surface area contributed by atoms with Gasteiger partial charge in [0.25, 0.3) is 5.91 Å². The van der Waals surface area contributed by atoms with Crippen LogP contribution in [0.25, 0.3) is 11.0 Å². The van der Waals surface area contributed by atoms with E-state index < -0.39 is 17.5 Å². The Morgan fingerprint density at radius 1 is 1.44 bits per heavy atom. The molecule has 3 aromatic rings. The van der Waals surface area contributed by atoms with E-state index in [4.69, 9.17) is 4.84 Å². The molecule has 2 N–H and O–H groups in total. The van der Waals surface area contributed by atoms with Crippen molar-refractivity contribution < 1.29 is 23.0 Å². The van der Waals surface area contributed by atoms with Gasteiger partial charge in [0.05, 0.1) is 12.8 Å². The molecule has 0 saturated heterocycles. The molecule has 0 unspecified atom stereocenters. The van der Waals surface area contributed by atoms with Crippen LogP contribution in [0, 0.1) is 11.6 Å². The number of amides is 1. The van der Waals surface area contributed by atoms with Crippen molar-refractivity contribution in [2.45, 2.75) is 6.54 Å². The number of halogens is 2. The van der Waals surface area contributed by atoms with Crippen LogP contribution in [-0.2, 0) is 11.4 Å². The molecular formula is C17H15F2N4O2+. The van der Waals surface area contributed by atoms with Crippen molar-refractivity contribution in [1.82, 2.24) is 15.4 Å². The Hall–Kier alpha value is -3.13. The van der Waals surface area contributed by atoms with E-state index >= 15 is 0 Å². The van der Waals surface area contributed by atoms with Crippen molar-refractivity contribution in [2.24, 2.45) is 0 Å². The third-order valence-corrected chi connectivity index (χ3v) is 3.54. The van der Waals surface area contributed by atoms with Crippen molar-refractivity contribution in [2.75, 3.05) is 6.61 Å². The summed E-state index contributed by atoms with van der Waals surface area (Å²) in [4.78, 5) is 23.8. The average Bonchev–Trinajstić information content (AvgIpc) is 3.01. The van der Waals surface area contributed by atoms with Crippen molar-refractivity contribution in [3.8, 4) is 0 Å². The number of aromatic amines is 1. The van der Waals surface area contributed by atoms with Crippen molar-refractivity contribution in [1.29, 1.82) is 0 Å². The lowest BCUT2D eigenvalue weighted by atomic mass is 10.2. The van der Waals surface area contributed by atoms with E-state index in [-0.39, 0.29) is 24.4 Å². The van der Waals surface area contributed by atoms with Gasteiger partial charge in [-0.05, 0) is 6.07 Å². The van der Waals surface area contributed by atoms with Gasteiger partial charge in [-0.2, -0.15) is 0 Å². The molecule has 0 aliphatic rings. The van der Waals surface area contributed by atoms with Gasteiger partial charge in [-0.1, -0.05) is 18.2 Å². The zero-order valence-corrected chi connectivity index (χ0v) is 13.1. The maximum absolute atomic E-state index is 13.8. The van der Waals surface area contributed by atoms with Gasteiger partial charge in [0.1, 0.15) is 12.2 Å². The molecule has 25 heavy (non-hydrogen) atoms. The predicted molar refractivity (Wildman–Crippen MR) is 85.4 cm³/mol. The van der Waals surface area contributed by atoms with Crippen LogP contribution in [-0.4, -0.2) is 22.5 Å². The van der Waals surface area contributed by atoms with Gasteiger partial charge in [0, 0.05) is 11.6 Å². The molecule has 0 radical (unpaired) electrons. The highest BCUT2D eigenvalue weighted by atomic mass is 19.2. The first-order valence-electron chi connectivity index (χ1n) is 7.42. The summed E-state index contributed by atoms with van der Waals surface area (Å²) in [5.41, 5.74) is 3.88. The molecule has 0 aliphatic carbocycles. The highest BCUT2D eigenvalue weighted by Gasteiger charge is 2.17. The quantitative estimate of drug-likeness (QED) is 0.311. The van der Waals surface area contributed by atoms with Gasteiger partial charge in [-0.3, -0.25) is 9.63 Å². The Kier molecular flexibility index (Phi) is 4.80. The standard InChI is InChI=1S/C17H14F2N4O2/c1-2-6-25-22-17(24)14-7-13-15(8-20-14)23(10-21-13)9-11-4-3-5-12(18)16(11)19/h2-5,7-8,10H,1,6,9H2,(H,22,24)/p+1. The fraction of sp³-hybridized carbons (Fsp3) is 0.118. The zero-order chi connectivity index (χ0) is 17.8. The second-order valence-electron chi connectivity index (χ2n) is 5.23. The molecule has 0 spiro atoms. The number of benzene rings is 1. The SMILES string of the molecule is C=CCONC(=O)c1cc2[nH]c[n+](Cc3cccc(F)c3F)c2cn1. The highest BCUT2D eigenvalue weighted by molar-refractivity contribution is 5.94. The molecule has 0 atom stereocenters. The van der Waals surface area contributed by atoms with Gasteiger partial charge < -0.3 is 0 Å². The van der Waals surface area contributed by atoms with E-state index in [1.807, 2.05) is 0 Å². The summed E-state index contributed by atoms with van der Waals surface area (Å²) >= 11 is 0. The Bertz CT molecular complexity index is 940. The summed E-state index contributed by atoms with van der Waals surface area (Å²) in [6.45, 7) is 3.77. The van der Waals surface area contributed by atoms with Crippen LogP contribution in [0.2, 0.25) is 0 Å². The molecule has 0 aliphatic heterocycles. The van der Waals surface area contributed by atoms with E-state index in [0.717, 1.165) is 6.07 Å². The summed E-state index contributed by atoms with van der Waals surface area (Å²) in [6, 6.07) is 5.57. The minimum absolute atomic E-state index is 0.124. The third kappa shape index (κ3) is 3.53. The average molecular weight is 345 g/mol. The first-order chi connectivity index (χ1) is 12.1. The maximum atomic E-state index is 13.8. The Balaban J connectivity index is 1.84. The summed E-state index contributed by atoms with van der Waals surface area (Å²) in [7, 11) is 0. The Labute approximate surface area is 141 Å². The van der Waals surface area contributed by atoms with Crippen LogP contribution in [0.15, 0.2) is 49.4 Å². The van der Waals surface area contributed by atoms with Gasteiger partial charge in [0.15, 0.2) is 22.7 Å². The lowest BCUT2D eigenvalue weighted by Crippen LogP contribution is -2.33. The fourth-order valence-electron chi connectivity index (χ4n) is 2.34. The molecule has 128 valence electrons. The number of H-pyrrole nitrogens is 1. The van der Waals surface area contributed by atoms with Crippen LogP contribution in [0.5, 0.6) is 0 Å². The normalized spacial score (nSPS) is 10.8. The number of hydrogen-bond donors (Lipinski definition) is 2. The first-order valence-corrected chi connectivity index (χ1v) is 7.42. The lowest BCUT2D eigenvalue weighted by molar-refractivity contribution is -0.662. The number of carbonyl (C=O) groups excluding carboxylic acids is 1. The lowest BCUT2D eigenvalue weighted by Gasteiger charge is -2.03. The number of nitrogens with one attached hydrogen (secondary N) is 2. The summed E-state index contributed by atoms with van der Waals surface area (Å²) in [5.74, 6) is -2.27. The monoisotopic (exact) mass is 345 g/mol. The second-order valence-corrected chi connectivity index (χ2v) is 5.23. The largest absolute Gasteiger partial charge is 0.293 e. The molecule has 0 bridgehead atoms. The molecular weight excluding hydrogens is 330 g/mol. The van der Waals surface area contributed by atoms with Crippen LogP contribution in [0.4, 0.5) is 8.78 Å². The molecule has 8 heteroatoms. The van der Waals surface area contributed by atoms with Crippen LogP contribution in [0.1, 0.15) is 16.1 Å². The number of aromatic nitrogens is 3. The zero-order valence-electron chi connectivity index (χ0n) is 13.1. The van der Waals surface area contributed by atoms with Crippen LogP contribution < -0.4 is 10.0 Å². The van der Waals surface area contributed by atoms with Crippen LogP contribution >= 0.6 is 0 Å². The summed E-state index contributed by atoms with van der Waals surface area (Å²) in [6.07, 6.45) is 4.58. The van der Waals surface area contributed by atoms with E-state index in [0.29, 0.717) is 11.0 Å². The van der Waals surface area contributed by atoms with E-state index in [1.165, 1.54) is 24.4 Å². The van der Waals surface area contributed by atoms with Gasteiger partial charge >= 0.3 is 0 Å². The van der Waals surface area contributed by atoms with Crippen LogP contribution in [0.3, 0.4) is 0 Å². The number of rotatable bonds is 6. The Morgan fingerprint density at radius 3 is 3.08 bits per heavy atom. The third-order valence-electron chi connectivity index (χ3n) is 3.54. The molecule has 1 amide bonds. The number of fused-ring (bicyclic) bond motifs is 1. The topological polar surface area (TPSA) is 70.9 Å². The van der Waals surface area contributed by atoms with Gasteiger partial charge in [-0.15, -0.1) is 6.58 Å². The predicted octanol–water partition coefficient (Wildman–Crippen LogP) is 2.02. The summed E-state index contributed by atoms with van der Waals surface area (Å²) in [5, 5.41) is 0. The molecule has 2 heterocycles. The number of nitrogens with zero attached hydrogens (tertiary/aromatic N) is 2. The second kappa shape index (κ2) is 7.18. The van der Waals surface area contributed by atoms with E-state index in [2.05, 4.69) is 22.0 Å². The fourth-order valence-corrected chi connectivity index (χ4v) is 2.34. The van der Waals surface area contributed by atoms with Crippen molar-refractivity contribution in [3.63, 3.8) is 0 Å².